The van der Waals surface area contributed by atoms with Crippen LogP contribution >= 0.6 is 0 Å². The molecule has 11 nitrogen and oxygen atoms in total. The molecule has 2 heterocycles. The quantitative estimate of drug-likeness (QED) is 0.169. The first-order valence-corrected chi connectivity index (χ1v) is 11.9. The van der Waals surface area contributed by atoms with Crippen molar-refractivity contribution in [2.45, 2.75) is 19.5 Å². The Hall–Kier alpha value is -5.24. The lowest BCUT2D eigenvalue weighted by molar-refractivity contribution is -0.136. The number of amides is 3. The molecule has 0 bridgehead atoms. The number of hydrazone groups is 1. The molecule has 3 amide bonds. The number of fused-ring (bicyclic) bond motifs is 1. The second-order valence-electron chi connectivity index (χ2n) is 8.49. The van der Waals surface area contributed by atoms with Gasteiger partial charge in [0.2, 0.25) is 0 Å². The highest BCUT2D eigenvalue weighted by atomic mass is 16.5. The standard InChI is InChI=1S/C28H27N5O6/c1-5-12-33-15-19(20-8-6-7-9-21(20)33)14-29-32-24(34)16-39-22-11-10-18(13-23(22)37-3)26-25(27(35)38-4)17(2)30-28(36)31-26/h1,6-11,13-15,26H,12,16H2,2-4H3,(H,32,34)(H2,30,31,36)/b29-14-/t26-/m0/s1. The van der Waals surface area contributed by atoms with Crippen LogP contribution in [0.3, 0.4) is 0 Å². The van der Waals surface area contributed by atoms with Crippen LogP contribution < -0.4 is 25.5 Å². The summed E-state index contributed by atoms with van der Waals surface area (Å²) in [5.74, 6) is 2.15. The van der Waals surface area contributed by atoms with E-state index in [2.05, 4.69) is 27.1 Å². The molecule has 2 aromatic carbocycles. The Labute approximate surface area is 224 Å². The van der Waals surface area contributed by atoms with Gasteiger partial charge in [-0.25, -0.2) is 15.0 Å². The number of esters is 1. The summed E-state index contributed by atoms with van der Waals surface area (Å²) < 4.78 is 17.9. The van der Waals surface area contributed by atoms with Gasteiger partial charge in [-0.05, 0) is 30.7 Å². The number of ether oxygens (including phenoxy) is 3. The van der Waals surface area contributed by atoms with E-state index in [-0.39, 0.29) is 12.2 Å². The third-order valence-electron chi connectivity index (χ3n) is 6.03. The third kappa shape index (κ3) is 5.86. The Morgan fingerprint density at radius 2 is 2.00 bits per heavy atom. The van der Waals surface area contributed by atoms with Crippen molar-refractivity contribution in [1.82, 2.24) is 20.6 Å². The molecule has 1 aliphatic rings. The number of nitrogens with zero attached hydrogens (tertiary/aromatic N) is 2. The molecule has 0 radical (unpaired) electrons. The molecular weight excluding hydrogens is 502 g/mol. The number of aromatic nitrogens is 1. The predicted octanol–water partition coefficient (Wildman–Crippen LogP) is 2.61. The highest BCUT2D eigenvalue weighted by molar-refractivity contribution is 5.99. The number of carbonyl (C=O) groups excluding carboxylic acids is 3. The first kappa shape index (κ1) is 26.8. The normalized spacial score (nSPS) is 14.9. The Kier molecular flexibility index (Phi) is 8.16. The number of carbonyl (C=O) groups is 3. The molecule has 1 aromatic heterocycles. The summed E-state index contributed by atoms with van der Waals surface area (Å²) in [7, 11) is 2.70. The SMILES string of the molecule is C#CCn1cc(/C=N\NC(=O)COc2ccc([C@@H]3NC(=O)NC(C)=C3C(=O)OC)cc2OC)c2ccccc21. The van der Waals surface area contributed by atoms with Gasteiger partial charge < -0.3 is 29.4 Å². The number of para-hydroxylation sites is 1. The zero-order valence-corrected chi connectivity index (χ0v) is 21.6. The van der Waals surface area contributed by atoms with Gasteiger partial charge in [-0.15, -0.1) is 6.42 Å². The Bertz CT molecular complexity index is 1530. The van der Waals surface area contributed by atoms with Crippen LogP contribution in [0.2, 0.25) is 0 Å². The molecule has 200 valence electrons. The zero-order chi connectivity index (χ0) is 27.9. The van der Waals surface area contributed by atoms with Gasteiger partial charge in [-0.1, -0.05) is 30.2 Å². The maximum absolute atomic E-state index is 12.4. The van der Waals surface area contributed by atoms with Crippen LogP contribution in [-0.4, -0.2) is 49.5 Å². The number of benzene rings is 2. The van der Waals surface area contributed by atoms with Gasteiger partial charge in [0.25, 0.3) is 5.91 Å². The van der Waals surface area contributed by atoms with Crippen LogP contribution in [0.15, 0.2) is 65.0 Å². The van der Waals surface area contributed by atoms with Gasteiger partial charge in [0.15, 0.2) is 18.1 Å². The number of allylic oxidation sites excluding steroid dienone is 1. The molecule has 11 heteroatoms. The zero-order valence-electron chi connectivity index (χ0n) is 21.6. The van der Waals surface area contributed by atoms with E-state index in [1.807, 2.05) is 35.0 Å². The van der Waals surface area contributed by atoms with E-state index >= 15 is 0 Å². The summed E-state index contributed by atoms with van der Waals surface area (Å²) in [5, 5.41) is 10.3. The fourth-order valence-corrected chi connectivity index (χ4v) is 4.26. The largest absolute Gasteiger partial charge is 0.493 e. The average Bonchev–Trinajstić information content (AvgIpc) is 3.28. The minimum Gasteiger partial charge on any atom is -0.493 e. The van der Waals surface area contributed by atoms with E-state index in [0.717, 1.165) is 16.5 Å². The molecular formula is C28H27N5O6. The minimum absolute atomic E-state index is 0.257. The number of urea groups is 1. The smallest absolute Gasteiger partial charge is 0.337 e. The molecule has 4 rings (SSSR count). The van der Waals surface area contributed by atoms with Crippen molar-refractivity contribution >= 4 is 35.0 Å². The van der Waals surface area contributed by atoms with Crippen LogP contribution in [-0.2, 0) is 20.9 Å². The van der Waals surface area contributed by atoms with Gasteiger partial charge in [-0.3, -0.25) is 4.79 Å². The lowest BCUT2D eigenvalue weighted by Gasteiger charge is -2.28. The lowest BCUT2D eigenvalue weighted by Crippen LogP contribution is -2.45. The van der Waals surface area contributed by atoms with Crippen molar-refractivity contribution in [3.8, 4) is 23.8 Å². The lowest BCUT2D eigenvalue weighted by atomic mass is 9.95. The molecule has 0 spiro atoms. The maximum Gasteiger partial charge on any atom is 0.337 e. The van der Waals surface area contributed by atoms with Crippen molar-refractivity contribution in [2.24, 2.45) is 5.10 Å². The molecule has 0 unspecified atom stereocenters. The number of hydrogen-bond acceptors (Lipinski definition) is 7. The van der Waals surface area contributed by atoms with E-state index in [1.165, 1.54) is 14.2 Å². The first-order chi connectivity index (χ1) is 18.9. The van der Waals surface area contributed by atoms with Crippen LogP contribution in [0.25, 0.3) is 10.9 Å². The highest BCUT2D eigenvalue weighted by Crippen LogP contribution is 2.34. The van der Waals surface area contributed by atoms with Gasteiger partial charge in [0.05, 0.1) is 38.6 Å². The summed E-state index contributed by atoms with van der Waals surface area (Å²) in [6.45, 7) is 1.70. The number of hydrogen-bond donors (Lipinski definition) is 3. The van der Waals surface area contributed by atoms with Crippen LogP contribution in [0.4, 0.5) is 4.79 Å². The fraction of sp³-hybridized carbons (Fsp3) is 0.214. The number of rotatable bonds is 9. The van der Waals surface area contributed by atoms with E-state index in [9.17, 15) is 14.4 Å². The topological polar surface area (TPSA) is 132 Å². The van der Waals surface area contributed by atoms with Gasteiger partial charge >= 0.3 is 12.0 Å². The van der Waals surface area contributed by atoms with Crippen molar-refractivity contribution in [1.29, 1.82) is 0 Å². The van der Waals surface area contributed by atoms with Gasteiger partial charge in [0, 0.05) is 28.4 Å². The third-order valence-corrected chi connectivity index (χ3v) is 6.03. The summed E-state index contributed by atoms with van der Waals surface area (Å²) in [6.07, 6.45) is 8.88. The molecule has 0 fully saturated rings. The Morgan fingerprint density at radius 1 is 1.21 bits per heavy atom. The number of methoxy groups -OCH3 is 2. The Morgan fingerprint density at radius 3 is 2.74 bits per heavy atom. The number of terminal acetylenes is 1. The van der Waals surface area contributed by atoms with Crippen LogP contribution in [0.5, 0.6) is 11.5 Å². The van der Waals surface area contributed by atoms with E-state index < -0.39 is 23.9 Å². The van der Waals surface area contributed by atoms with Crippen molar-refractivity contribution in [2.75, 3.05) is 20.8 Å². The predicted molar refractivity (Wildman–Crippen MR) is 144 cm³/mol. The van der Waals surface area contributed by atoms with Crippen molar-refractivity contribution in [3.63, 3.8) is 0 Å². The minimum atomic E-state index is -0.765. The van der Waals surface area contributed by atoms with E-state index in [4.69, 9.17) is 20.6 Å². The molecule has 3 N–H and O–H groups in total. The van der Waals surface area contributed by atoms with E-state index in [1.54, 1.807) is 31.3 Å². The fourth-order valence-electron chi connectivity index (χ4n) is 4.26. The molecule has 0 saturated carbocycles. The number of nitrogens with one attached hydrogen (secondary N) is 3. The summed E-state index contributed by atoms with van der Waals surface area (Å²) in [6, 6.07) is 11.4. The van der Waals surface area contributed by atoms with Gasteiger partial charge in [-0.2, -0.15) is 5.10 Å². The second-order valence-corrected chi connectivity index (χ2v) is 8.49. The van der Waals surface area contributed by atoms with Gasteiger partial charge in [0.1, 0.15) is 0 Å². The average molecular weight is 530 g/mol. The molecule has 1 atom stereocenters. The maximum atomic E-state index is 12.4. The van der Waals surface area contributed by atoms with Crippen molar-refractivity contribution in [3.05, 3.63) is 71.1 Å². The van der Waals surface area contributed by atoms with Crippen LogP contribution in [0.1, 0.15) is 24.1 Å². The molecule has 0 aliphatic carbocycles. The highest BCUT2D eigenvalue weighted by Gasteiger charge is 2.32. The second kappa shape index (κ2) is 11.9. The molecule has 0 saturated heterocycles. The Balaban J connectivity index is 1.43. The monoisotopic (exact) mass is 529 g/mol. The first-order valence-electron chi connectivity index (χ1n) is 11.9. The molecule has 3 aromatic rings. The van der Waals surface area contributed by atoms with Crippen LogP contribution in [0, 0.1) is 12.3 Å². The summed E-state index contributed by atoms with van der Waals surface area (Å²) in [4.78, 5) is 36.8. The summed E-state index contributed by atoms with van der Waals surface area (Å²) >= 11 is 0. The molecule has 39 heavy (non-hydrogen) atoms. The molecule has 1 aliphatic heterocycles. The van der Waals surface area contributed by atoms with Crippen molar-refractivity contribution < 1.29 is 28.6 Å². The van der Waals surface area contributed by atoms with E-state index in [0.29, 0.717) is 29.3 Å². The summed E-state index contributed by atoms with van der Waals surface area (Å²) in [5.41, 5.74) is 5.42.